The van der Waals surface area contributed by atoms with Gasteiger partial charge in [-0.2, -0.15) is 10.2 Å². The number of aliphatic hydroxyl groups is 1. The fourth-order valence-electron chi connectivity index (χ4n) is 4.41. The molecule has 35 heavy (non-hydrogen) atoms. The molecule has 0 radical (unpaired) electrons. The Balaban J connectivity index is 1.54. The summed E-state index contributed by atoms with van der Waals surface area (Å²) in [7, 11) is 0. The van der Waals surface area contributed by atoms with E-state index in [1.54, 1.807) is 16.9 Å². The summed E-state index contributed by atoms with van der Waals surface area (Å²) < 4.78 is 8.52. The highest BCUT2D eigenvalue weighted by Gasteiger charge is 2.29. The maximum atomic E-state index is 13.3. The second-order valence-corrected chi connectivity index (χ2v) is 8.94. The quantitative estimate of drug-likeness (QED) is 0.451. The summed E-state index contributed by atoms with van der Waals surface area (Å²) in [4.78, 5) is 34.7. The second kappa shape index (κ2) is 11.2. The molecule has 3 aromatic rings. The van der Waals surface area contributed by atoms with Crippen molar-refractivity contribution in [2.24, 2.45) is 5.92 Å². The van der Waals surface area contributed by atoms with Crippen LogP contribution >= 0.6 is 0 Å². The van der Waals surface area contributed by atoms with E-state index in [1.165, 1.54) is 16.9 Å². The number of rotatable bonds is 10. The lowest BCUT2D eigenvalue weighted by Crippen LogP contribution is -2.36. The first-order chi connectivity index (χ1) is 16.9. The molecule has 1 fully saturated rings. The van der Waals surface area contributed by atoms with E-state index in [-0.39, 0.29) is 24.3 Å². The zero-order valence-electron chi connectivity index (χ0n) is 20.1. The zero-order valence-corrected chi connectivity index (χ0v) is 20.1. The monoisotopic (exact) mass is 481 g/mol. The lowest BCUT2D eigenvalue weighted by Gasteiger charge is -2.21. The Morgan fingerprint density at radius 1 is 1.23 bits per heavy atom. The number of anilines is 1. The third-order valence-electron chi connectivity index (χ3n) is 6.04. The van der Waals surface area contributed by atoms with Crippen LogP contribution in [0.2, 0.25) is 0 Å². The molecule has 0 bridgehead atoms. The van der Waals surface area contributed by atoms with Crippen LogP contribution in [0.3, 0.4) is 0 Å². The topological polar surface area (TPSA) is 137 Å². The minimum absolute atomic E-state index is 0.0644. The number of aryl methyl sites for hydroxylation is 3. The van der Waals surface area contributed by atoms with E-state index >= 15 is 0 Å². The number of amides is 1. The van der Waals surface area contributed by atoms with Gasteiger partial charge in [0.05, 0.1) is 6.20 Å². The second-order valence-electron chi connectivity index (χ2n) is 8.94. The van der Waals surface area contributed by atoms with Gasteiger partial charge in [-0.1, -0.05) is 25.7 Å². The summed E-state index contributed by atoms with van der Waals surface area (Å²) in [6.07, 6.45) is 8.53. The van der Waals surface area contributed by atoms with Crippen LogP contribution in [0.1, 0.15) is 56.0 Å². The first kappa shape index (κ1) is 24.5. The van der Waals surface area contributed by atoms with Crippen LogP contribution in [0.5, 0.6) is 11.8 Å². The number of hydrogen-bond donors (Lipinski definition) is 2. The Hall–Kier alpha value is -3.60. The van der Waals surface area contributed by atoms with Gasteiger partial charge in [-0.15, -0.1) is 0 Å². The number of ether oxygens (including phenoxy) is 1. The van der Waals surface area contributed by atoms with E-state index in [9.17, 15) is 9.59 Å². The molecular weight excluding hydrogens is 450 g/mol. The molecule has 1 saturated carbocycles. The van der Waals surface area contributed by atoms with Crippen molar-refractivity contribution in [3.05, 3.63) is 52.3 Å². The Labute approximate surface area is 203 Å². The van der Waals surface area contributed by atoms with Crippen molar-refractivity contribution in [1.82, 2.24) is 29.5 Å². The molecule has 11 nitrogen and oxygen atoms in total. The minimum Gasteiger partial charge on any atom is -0.422 e. The molecule has 1 atom stereocenters. The van der Waals surface area contributed by atoms with Crippen molar-refractivity contribution in [3.8, 4) is 11.8 Å². The summed E-state index contributed by atoms with van der Waals surface area (Å²) in [5.74, 6) is 0.606. The van der Waals surface area contributed by atoms with Gasteiger partial charge in [-0.3, -0.25) is 14.3 Å². The maximum absolute atomic E-state index is 13.3. The number of hydrogen-bond acceptors (Lipinski definition) is 8. The molecule has 2 N–H and O–H groups in total. The molecule has 1 unspecified atom stereocenters. The van der Waals surface area contributed by atoms with E-state index in [1.807, 2.05) is 19.9 Å². The van der Waals surface area contributed by atoms with Gasteiger partial charge in [0.1, 0.15) is 6.04 Å². The highest BCUT2D eigenvalue weighted by atomic mass is 16.5. The van der Waals surface area contributed by atoms with Crippen molar-refractivity contribution in [2.45, 2.75) is 65.0 Å². The Kier molecular flexibility index (Phi) is 7.86. The van der Waals surface area contributed by atoms with Crippen LogP contribution in [0.25, 0.3) is 0 Å². The summed E-state index contributed by atoms with van der Waals surface area (Å²) in [5.41, 5.74) is 1.06. The first-order valence-electron chi connectivity index (χ1n) is 12.0. The van der Waals surface area contributed by atoms with Crippen molar-refractivity contribution < 1.29 is 14.6 Å². The van der Waals surface area contributed by atoms with Crippen molar-refractivity contribution in [3.63, 3.8) is 0 Å². The normalized spacial score (nSPS) is 14.7. The zero-order chi connectivity index (χ0) is 24.8. The highest BCUT2D eigenvalue weighted by Crippen LogP contribution is 2.32. The number of carbonyl (C=O) groups is 1. The van der Waals surface area contributed by atoms with Gasteiger partial charge in [-0.25, -0.2) is 14.6 Å². The van der Waals surface area contributed by atoms with Gasteiger partial charge in [-0.05, 0) is 38.7 Å². The van der Waals surface area contributed by atoms with Crippen LogP contribution in [-0.2, 0) is 11.3 Å². The molecule has 4 rings (SSSR count). The highest BCUT2D eigenvalue weighted by molar-refractivity contribution is 5.92. The molecule has 0 spiro atoms. The summed E-state index contributed by atoms with van der Waals surface area (Å²) in [5, 5.41) is 20.4. The van der Waals surface area contributed by atoms with Gasteiger partial charge in [0, 0.05) is 42.9 Å². The molecule has 1 amide bonds. The van der Waals surface area contributed by atoms with E-state index < -0.39 is 11.6 Å². The van der Waals surface area contributed by atoms with Crippen LogP contribution in [0.15, 0.2) is 35.4 Å². The fourth-order valence-corrected chi connectivity index (χ4v) is 4.41. The number of nitrogens with one attached hydrogen (secondary N) is 1. The molecular formula is C24H31N7O4. The van der Waals surface area contributed by atoms with Crippen molar-refractivity contribution in [2.75, 3.05) is 11.9 Å². The van der Waals surface area contributed by atoms with Gasteiger partial charge in [0.15, 0.2) is 11.6 Å². The van der Waals surface area contributed by atoms with E-state index in [2.05, 4.69) is 25.5 Å². The Morgan fingerprint density at radius 2 is 1.97 bits per heavy atom. The molecule has 0 saturated heterocycles. The standard InChI is InChI=1S/C24H31N7O4/c1-16-12-17(2)27-24(26-16)35-19-14-22(33)31(25-15-19)20(13-18-6-3-4-7-18)23(34)28-21-8-10-30(29-21)9-5-11-32/h8,10,12,14-15,18,20,32H,3-7,9,11,13H2,1-2H3,(H,28,29,34). The van der Waals surface area contributed by atoms with E-state index in [4.69, 9.17) is 9.84 Å². The van der Waals surface area contributed by atoms with Gasteiger partial charge >= 0.3 is 6.01 Å². The number of nitrogens with zero attached hydrogens (tertiary/aromatic N) is 6. The average Bonchev–Trinajstić information content (AvgIpc) is 3.48. The SMILES string of the molecule is Cc1cc(C)nc(Oc2cnn(C(CC3CCCC3)C(=O)Nc3ccn(CCCO)n3)c(=O)c2)n1. The maximum Gasteiger partial charge on any atom is 0.322 e. The molecule has 3 heterocycles. The first-order valence-corrected chi connectivity index (χ1v) is 12.0. The van der Waals surface area contributed by atoms with E-state index in [0.29, 0.717) is 31.1 Å². The molecule has 1 aliphatic carbocycles. The van der Waals surface area contributed by atoms with Gasteiger partial charge in [0.2, 0.25) is 0 Å². The largest absolute Gasteiger partial charge is 0.422 e. The van der Waals surface area contributed by atoms with Crippen LogP contribution in [-0.4, -0.2) is 47.1 Å². The third-order valence-corrected chi connectivity index (χ3v) is 6.04. The number of aliphatic hydroxyl groups excluding tert-OH is 1. The molecule has 11 heteroatoms. The molecule has 0 aliphatic heterocycles. The Morgan fingerprint density at radius 3 is 2.66 bits per heavy atom. The Bertz CT molecular complexity index is 1200. The molecule has 186 valence electrons. The minimum atomic E-state index is -0.778. The van der Waals surface area contributed by atoms with Crippen LogP contribution in [0.4, 0.5) is 5.82 Å². The predicted octanol–water partition coefficient (Wildman–Crippen LogP) is 2.78. The lowest BCUT2D eigenvalue weighted by molar-refractivity contribution is -0.120. The summed E-state index contributed by atoms with van der Waals surface area (Å²) >= 11 is 0. The lowest BCUT2D eigenvalue weighted by atomic mass is 9.98. The third kappa shape index (κ3) is 6.50. The van der Waals surface area contributed by atoms with Crippen molar-refractivity contribution in [1.29, 1.82) is 0 Å². The van der Waals surface area contributed by atoms with Crippen LogP contribution in [0, 0.1) is 19.8 Å². The smallest absolute Gasteiger partial charge is 0.322 e. The van der Waals surface area contributed by atoms with E-state index in [0.717, 1.165) is 37.1 Å². The number of aromatic nitrogens is 6. The van der Waals surface area contributed by atoms with Crippen LogP contribution < -0.4 is 15.6 Å². The molecule has 1 aliphatic rings. The predicted molar refractivity (Wildman–Crippen MR) is 128 cm³/mol. The molecule has 3 aromatic heterocycles. The average molecular weight is 482 g/mol. The fraction of sp³-hybridized carbons (Fsp3) is 0.500. The summed E-state index contributed by atoms with van der Waals surface area (Å²) in [6, 6.07) is 4.18. The van der Waals surface area contributed by atoms with Gasteiger partial charge in [0.25, 0.3) is 11.5 Å². The van der Waals surface area contributed by atoms with Gasteiger partial charge < -0.3 is 15.2 Å². The summed E-state index contributed by atoms with van der Waals surface area (Å²) in [6.45, 7) is 4.28. The molecule has 0 aromatic carbocycles. The van der Waals surface area contributed by atoms with Crippen molar-refractivity contribution >= 4 is 11.7 Å². The number of carbonyl (C=O) groups excluding carboxylic acids is 1.